The van der Waals surface area contributed by atoms with Crippen LogP contribution in [0.25, 0.3) is 16.7 Å². The number of aryl methyl sites for hydroxylation is 2. The number of halogens is 2. The van der Waals surface area contributed by atoms with Crippen LogP contribution in [-0.2, 0) is 13.6 Å². The summed E-state index contributed by atoms with van der Waals surface area (Å²) in [5, 5.41) is 18.4. The summed E-state index contributed by atoms with van der Waals surface area (Å²) in [5.74, 6) is 0.291. The number of hydrogen-bond acceptors (Lipinski definition) is 4. The van der Waals surface area contributed by atoms with E-state index < -0.39 is 5.83 Å². The number of hydrogen-bond donors (Lipinski definition) is 2. The predicted octanol–water partition coefficient (Wildman–Crippen LogP) is 5.11. The molecule has 0 amide bonds. The highest BCUT2D eigenvalue weighted by atomic mass is 35.5. The van der Waals surface area contributed by atoms with E-state index in [0.717, 1.165) is 34.1 Å². The lowest BCUT2D eigenvalue weighted by Gasteiger charge is -2.35. The van der Waals surface area contributed by atoms with E-state index >= 15 is 0 Å². The average molecular weight is 485 g/mol. The summed E-state index contributed by atoms with van der Waals surface area (Å²) in [7, 11) is 1.85. The molecule has 2 aromatic heterocycles. The molecule has 1 saturated heterocycles. The Balaban J connectivity index is 1.65. The Morgan fingerprint density at radius 2 is 2.15 bits per heavy atom. The van der Waals surface area contributed by atoms with Gasteiger partial charge in [-0.3, -0.25) is 9.58 Å². The number of β-amino-alcohol motifs (C(OH)–C–C–N with tert-alkyl or cyclic N) is 1. The van der Waals surface area contributed by atoms with Gasteiger partial charge in [0.2, 0.25) is 0 Å². The van der Waals surface area contributed by atoms with Gasteiger partial charge in [0.1, 0.15) is 5.84 Å². The van der Waals surface area contributed by atoms with Crippen LogP contribution in [0.4, 0.5) is 10.1 Å². The molecule has 0 bridgehead atoms. The quantitative estimate of drug-likeness (QED) is 0.265. The number of nitrogens with zero attached hydrogens (tertiary/aromatic N) is 5. The van der Waals surface area contributed by atoms with Crippen LogP contribution in [0.15, 0.2) is 54.1 Å². The molecule has 0 unspecified atom stereocenters. The molecule has 1 aliphatic heterocycles. The molecule has 0 atom stereocenters. The highest BCUT2D eigenvalue weighted by Gasteiger charge is 2.25. The fraction of sp³-hybridized carbons (Fsp3) is 0.360. The summed E-state index contributed by atoms with van der Waals surface area (Å²) >= 11 is 6.27. The Morgan fingerprint density at radius 1 is 1.38 bits per heavy atom. The number of aliphatic hydroxyl groups excluding tert-OH is 1. The van der Waals surface area contributed by atoms with Gasteiger partial charge in [-0.05, 0) is 48.7 Å². The molecule has 0 aliphatic carbocycles. The molecule has 7 nitrogen and oxygen atoms in total. The summed E-state index contributed by atoms with van der Waals surface area (Å²) in [6, 6.07) is 5.79. The van der Waals surface area contributed by atoms with E-state index in [-0.39, 0.29) is 11.9 Å². The summed E-state index contributed by atoms with van der Waals surface area (Å²) < 4.78 is 18.4. The Bertz CT molecular complexity index is 1270. The molecule has 180 valence electrons. The van der Waals surface area contributed by atoms with Crippen molar-refractivity contribution >= 4 is 39.8 Å². The summed E-state index contributed by atoms with van der Waals surface area (Å²) in [4.78, 5) is 6.83. The van der Waals surface area contributed by atoms with E-state index in [9.17, 15) is 9.50 Å². The topological polar surface area (TPSA) is 70.6 Å². The number of benzene rings is 1. The standard InChI is InChI=1S/C25H30ClFN6O/c1-5-7-23(28-18-8-9-22-20(10-18)24(26)30-31(22)4)29-25(21(27)6-2)33-11-16(3)17(13-33)12-32-14-19(34)15-32/h6,8-11,13,19,34H,2,5,7,12,14-15H2,1,3-4H3,(H,28,29)/b25-21-. The minimum absolute atomic E-state index is 0.171. The van der Waals surface area contributed by atoms with Gasteiger partial charge in [0.25, 0.3) is 0 Å². The van der Waals surface area contributed by atoms with Crippen molar-refractivity contribution in [1.82, 2.24) is 19.2 Å². The van der Waals surface area contributed by atoms with Gasteiger partial charge < -0.3 is 15.0 Å². The fourth-order valence-electron chi connectivity index (χ4n) is 4.10. The van der Waals surface area contributed by atoms with E-state index in [2.05, 4.69) is 26.9 Å². The van der Waals surface area contributed by atoms with Crippen LogP contribution in [0.5, 0.6) is 0 Å². The van der Waals surface area contributed by atoms with Crippen LogP contribution in [0.3, 0.4) is 0 Å². The van der Waals surface area contributed by atoms with E-state index in [1.165, 1.54) is 6.08 Å². The first kappa shape index (κ1) is 24.2. The van der Waals surface area contributed by atoms with Crippen molar-refractivity contribution in [3.63, 3.8) is 0 Å². The van der Waals surface area contributed by atoms with Crippen molar-refractivity contribution in [3.8, 4) is 0 Å². The van der Waals surface area contributed by atoms with Gasteiger partial charge in [0.05, 0.1) is 11.6 Å². The number of amidine groups is 1. The molecular formula is C25H30ClFN6O. The second-order valence-corrected chi connectivity index (χ2v) is 9.04. The van der Waals surface area contributed by atoms with Crippen LogP contribution >= 0.6 is 11.6 Å². The second-order valence-electron chi connectivity index (χ2n) is 8.68. The molecule has 9 heteroatoms. The van der Waals surface area contributed by atoms with Crippen LogP contribution in [0.1, 0.15) is 30.9 Å². The van der Waals surface area contributed by atoms with Crippen molar-refractivity contribution < 1.29 is 9.50 Å². The number of nitrogens with one attached hydrogen (secondary N) is 1. The number of allylic oxidation sites excluding steroid dienone is 2. The number of aliphatic imine (C=N–C) groups is 1. The molecule has 2 N–H and O–H groups in total. The summed E-state index contributed by atoms with van der Waals surface area (Å²) in [6.45, 7) is 9.66. The molecule has 3 heterocycles. The van der Waals surface area contributed by atoms with E-state index in [1.807, 2.05) is 51.5 Å². The molecule has 1 aromatic carbocycles. The zero-order chi connectivity index (χ0) is 24.4. The van der Waals surface area contributed by atoms with Crippen molar-refractivity contribution in [2.75, 3.05) is 18.4 Å². The highest BCUT2D eigenvalue weighted by molar-refractivity contribution is 6.34. The number of fused-ring (bicyclic) bond motifs is 1. The lowest BCUT2D eigenvalue weighted by Crippen LogP contribution is -2.49. The molecule has 0 saturated carbocycles. The van der Waals surface area contributed by atoms with Crippen LogP contribution in [0.2, 0.25) is 5.15 Å². The van der Waals surface area contributed by atoms with Gasteiger partial charge in [0.15, 0.2) is 16.8 Å². The summed E-state index contributed by atoms with van der Waals surface area (Å²) in [6.07, 6.45) is 6.14. The van der Waals surface area contributed by atoms with Gasteiger partial charge >= 0.3 is 0 Å². The molecule has 3 aromatic rings. The van der Waals surface area contributed by atoms with E-state index in [4.69, 9.17) is 11.6 Å². The number of aliphatic hydroxyl groups is 1. The minimum Gasteiger partial charge on any atom is -0.390 e. The third kappa shape index (κ3) is 5.09. The number of aromatic nitrogens is 3. The fourth-order valence-corrected chi connectivity index (χ4v) is 4.37. The SMILES string of the molecule is C=C/C(F)=C(\N=C(CCC)Nc1ccc2c(c1)c(Cl)nn2C)n1cc(C)c(CN2CC(O)C2)c1. The van der Waals surface area contributed by atoms with Crippen molar-refractivity contribution in [2.45, 2.75) is 39.3 Å². The van der Waals surface area contributed by atoms with Gasteiger partial charge in [-0.2, -0.15) is 5.10 Å². The second kappa shape index (κ2) is 10.1. The first-order valence-corrected chi connectivity index (χ1v) is 11.7. The molecular weight excluding hydrogens is 455 g/mol. The molecule has 34 heavy (non-hydrogen) atoms. The van der Waals surface area contributed by atoms with Crippen molar-refractivity contribution in [1.29, 1.82) is 0 Å². The number of anilines is 1. The zero-order valence-corrected chi connectivity index (χ0v) is 20.5. The monoisotopic (exact) mass is 484 g/mol. The highest BCUT2D eigenvalue weighted by Crippen LogP contribution is 2.27. The van der Waals surface area contributed by atoms with E-state index in [0.29, 0.717) is 37.0 Å². The van der Waals surface area contributed by atoms with Gasteiger partial charge in [-0.25, -0.2) is 9.38 Å². The third-order valence-electron chi connectivity index (χ3n) is 5.92. The largest absolute Gasteiger partial charge is 0.390 e. The Kier molecular flexibility index (Phi) is 7.21. The molecule has 0 spiro atoms. The first-order valence-electron chi connectivity index (χ1n) is 11.4. The van der Waals surface area contributed by atoms with E-state index in [1.54, 1.807) is 9.25 Å². The lowest BCUT2D eigenvalue weighted by atomic mass is 10.1. The minimum atomic E-state index is -0.512. The van der Waals surface area contributed by atoms with Gasteiger partial charge in [-0.1, -0.05) is 25.1 Å². The molecule has 1 fully saturated rings. The maximum Gasteiger partial charge on any atom is 0.174 e. The lowest BCUT2D eigenvalue weighted by molar-refractivity contribution is -0.00295. The average Bonchev–Trinajstić information content (AvgIpc) is 3.28. The number of rotatable bonds is 8. The third-order valence-corrected chi connectivity index (χ3v) is 6.20. The number of likely N-dealkylation sites (tertiary alicyclic amines) is 1. The summed E-state index contributed by atoms with van der Waals surface area (Å²) in [5.41, 5.74) is 3.83. The maximum absolute atomic E-state index is 15.0. The first-order chi connectivity index (χ1) is 16.3. The van der Waals surface area contributed by atoms with Gasteiger partial charge in [0, 0.05) is 56.6 Å². The molecule has 4 rings (SSSR count). The maximum atomic E-state index is 15.0. The van der Waals surface area contributed by atoms with Crippen LogP contribution < -0.4 is 5.32 Å². The van der Waals surface area contributed by atoms with Crippen molar-refractivity contribution in [2.24, 2.45) is 12.0 Å². The smallest absolute Gasteiger partial charge is 0.174 e. The Morgan fingerprint density at radius 3 is 2.82 bits per heavy atom. The normalized spacial score (nSPS) is 16.0. The van der Waals surface area contributed by atoms with Crippen LogP contribution in [0, 0.1) is 6.92 Å². The predicted molar refractivity (Wildman–Crippen MR) is 137 cm³/mol. The zero-order valence-electron chi connectivity index (χ0n) is 19.7. The Hall–Kier alpha value is -2.94. The Labute approximate surface area is 203 Å². The molecule has 1 aliphatic rings. The van der Waals surface area contributed by atoms with Crippen molar-refractivity contribution in [3.05, 3.63) is 65.4 Å². The van der Waals surface area contributed by atoms with Gasteiger partial charge in [-0.15, -0.1) is 0 Å². The van der Waals surface area contributed by atoms with Crippen LogP contribution in [-0.4, -0.2) is 49.4 Å². The molecule has 0 radical (unpaired) electrons.